The van der Waals surface area contributed by atoms with Crippen LogP contribution in [0.5, 0.6) is 0 Å². The first-order valence-electron chi connectivity index (χ1n) is 29.1. The quantitative estimate of drug-likeness (QED) is 0.0418. The van der Waals surface area contributed by atoms with E-state index in [4.69, 9.17) is 56.3 Å². The first-order valence-corrected chi connectivity index (χ1v) is 30.5. The topological polar surface area (TPSA) is 402 Å². The second kappa shape index (κ2) is 24.7. The van der Waals surface area contributed by atoms with Gasteiger partial charge in [-0.2, -0.15) is 8.42 Å². The van der Waals surface area contributed by atoms with E-state index in [0.29, 0.717) is 44.9 Å². The van der Waals surface area contributed by atoms with Crippen LogP contribution >= 0.6 is 0 Å². The van der Waals surface area contributed by atoms with Gasteiger partial charge in [-0.15, -0.1) is 6.58 Å². The molecule has 0 unspecified atom stereocenters. The van der Waals surface area contributed by atoms with Crippen LogP contribution in [0.4, 0.5) is 0 Å². The smallest absolute Gasteiger partial charge is 0.397 e. The van der Waals surface area contributed by atoms with Gasteiger partial charge in [-0.3, -0.25) is 14.1 Å². The number of cyclic esters (lactones) is 1. The number of esters is 2. The Balaban J connectivity index is 0.926. The highest BCUT2D eigenvalue weighted by Gasteiger charge is 2.79. The number of carbonyl (C=O) groups is 2. The predicted molar refractivity (Wildman–Crippen MR) is 283 cm³/mol. The molecule has 0 radical (unpaired) electrons. The Labute approximate surface area is 488 Å². The molecule has 28 atom stereocenters. The second-order valence-corrected chi connectivity index (χ2v) is 27.1. The molecule has 27 nitrogen and oxygen atoms in total. The molecule has 28 heteroatoms. The van der Waals surface area contributed by atoms with E-state index in [2.05, 4.69) is 40.3 Å². The van der Waals surface area contributed by atoms with Crippen molar-refractivity contribution >= 4 is 22.3 Å². The van der Waals surface area contributed by atoms with E-state index in [9.17, 15) is 73.6 Å². The molecule has 3 saturated carbocycles. The highest BCUT2D eigenvalue weighted by molar-refractivity contribution is 7.80. The Morgan fingerprint density at radius 1 is 0.714 bits per heavy atom. The summed E-state index contributed by atoms with van der Waals surface area (Å²) in [5, 5.41) is 110. The third-order valence-corrected chi connectivity index (χ3v) is 21.2. The normalized spacial score (nSPS) is 49.1. The number of aliphatic hydroxyl groups excluding tert-OH is 10. The van der Waals surface area contributed by atoms with Gasteiger partial charge in [-0.05, 0) is 94.3 Å². The summed E-state index contributed by atoms with van der Waals surface area (Å²) in [6, 6.07) is 0. The van der Waals surface area contributed by atoms with Crippen LogP contribution in [0.15, 0.2) is 23.8 Å². The molecule has 5 heterocycles. The maximum atomic E-state index is 14.7. The van der Waals surface area contributed by atoms with E-state index >= 15 is 0 Å². The van der Waals surface area contributed by atoms with Crippen LogP contribution in [0.3, 0.4) is 0 Å². The molecule has 0 aromatic heterocycles. The molecule has 480 valence electrons. The number of allylic oxidation sites excluding steroid dienone is 3. The van der Waals surface area contributed by atoms with Crippen molar-refractivity contribution in [2.45, 2.75) is 241 Å². The van der Waals surface area contributed by atoms with Gasteiger partial charge in [0.1, 0.15) is 103 Å². The lowest BCUT2D eigenvalue weighted by molar-refractivity contribution is -0.391. The van der Waals surface area contributed by atoms with E-state index < -0.39 is 194 Å². The first-order chi connectivity index (χ1) is 39.4. The molecule has 0 bridgehead atoms. The molecule has 0 amide bonds. The van der Waals surface area contributed by atoms with Crippen LogP contribution in [0, 0.1) is 39.4 Å². The highest BCUT2D eigenvalue weighted by Crippen LogP contribution is 2.77. The molecule has 9 aliphatic rings. The number of hydrogen-bond donors (Lipinski definition) is 11. The molecule has 5 aliphatic heterocycles. The van der Waals surface area contributed by atoms with Crippen molar-refractivity contribution in [1.29, 1.82) is 0 Å². The van der Waals surface area contributed by atoms with E-state index in [1.165, 1.54) is 14.0 Å². The van der Waals surface area contributed by atoms with Gasteiger partial charge in [0.25, 0.3) is 0 Å². The molecule has 11 N–H and O–H groups in total. The molecule has 5 saturated heterocycles. The van der Waals surface area contributed by atoms with Crippen molar-refractivity contribution < 1.29 is 130 Å². The summed E-state index contributed by atoms with van der Waals surface area (Å²) < 4.78 is 104. The molecule has 8 fully saturated rings. The lowest BCUT2D eigenvalue weighted by Crippen LogP contribution is -2.67. The monoisotopic (exact) mass is 1220 g/mol. The van der Waals surface area contributed by atoms with Crippen LogP contribution in [-0.4, -0.2) is 244 Å². The van der Waals surface area contributed by atoms with Gasteiger partial charge in [0.15, 0.2) is 25.2 Å². The summed E-state index contributed by atoms with van der Waals surface area (Å²) >= 11 is 0. The number of hydrogen-bond acceptors (Lipinski definition) is 26. The number of methoxy groups -OCH3 is 1. The van der Waals surface area contributed by atoms with E-state index in [1.54, 1.807) is 0 Å². The summed E-state index contributed by atoms with van der Waals surface area (Å²) in [4.78, 5) is 27.5. The van der Waals surface area contributed by atoms with Gasteiger partial charge in [0.2, 0.25) is 0 Å². The molecule has 9 rings (SSSR count). The van der Waals surface area contributed by atoms with Gasteiger partial charge in [-0.1, -0.05) is 44.9 Å². The molecule has 4 aliphatic carbocycles. The summed E-state index contributed by atoms with van der Waals surface area (Å²) in [5.41, 5.74) is -1.36. The van der Waals surface area contributed by atoms with E-state index in [0.717, 1.165) is 24.0 Å². The van der Waals surface area contributed by atoms with Gasteiger partial charge >= 0.3 is 22.3 Å². The zero-order valence-electron chi connectivity index (χ0n) is 48.7. The predicted octanol–water partition coefficient (Wildman–Crippen LogP) is -1.05. The van der Waals surface area contributed by atoms with E-state index in [-0.39, 0.29) is 29.1 Å². The number of aliphatic hydroxyl groups is 10. The highest BCUT2D eigenvalue weighted by atomic mass is 32.3. The molecule has 0 aromatic carbocycles. The van der Waals surface area contributed by atoms with Crippen LogP contribution < -0.4 is 0 Å². The minimum atomic E-state index is -5.22. The summed E-state index contributed by atoms with van der Waals surface area (Å²) in [6.45, 7) is 14.6. The van der Waals surface area contributed by atoms with Crippen LogP contribution in [0.1, 0.15) is 106 Å². The van der Waals surface area contributed by atoms with Crippen molar-refractivity contribution in [3.63, 3.8) is 0 Å². The lowest BCUT2D eigenvalue weighted by Gasteiger charge is -2.64. The fourth-order valence-corrected chi connectivity index (χ4v) is 17.2. The van der Waals surface area contributed by atoms with Crippen LogP contribution in [0.25, 0.3) is 0 Å². The fourth-order valence-electron chi connectivity index (χ4n) is 16.7. The first kappa shape index (κ1) is 66.0. The van der Waals surface area contributed by atoms with Gasteiger partial charge in [0, 0.05) is 19.4 Å². The Morgan fingerprint density at radius 2 is 1.30 bits per heavy atom. The van der Waals surface area contributed by atoms with Crippen molar-refractivity contribution in [2.75, 3.05) is 33.5 Å². The number of fused-ring (bicyclic) bond motifs is 4. The second-order valence-electron chi connectivity index (χ2n) is 26.1. The minimum Gasteiger partial charge on any atom is -0.462 e. The number of ether oxygens (including phenoxy) is 11. The molecule has 0 aromatic rings. The summed E-state index contributed by atoms with van der Waals surface area (Å²) in [5.74, 6) is -1.10. The zero-order chi connectivity index (χ0) is 61.6. The van der Waals surface area contributed by atoms with Crippen LogP contribution in [0.2, 0.25) is 0 Å². The molecule has 1 spiro atoms. The maximum Gasteiger partial charge on any atom is 0.397 e. The minimum absolute atomic E-state index is 0.00820. The third kappa shape index (κ3) is 11.5. The lowest BCUT2D eigenvalue weighted by atomic mass is 9.41. The Morgan fingerprint density at radius 3 is 1.89 bits per heavy atom. The number of rotatable bonds is 19. The Hall–Kier alpha value is -2.47. The zero-order valence-corrected chi connectivity index (χ0v) is 49.5. The Kier molecular flexibility index (Phi) is 19.4. The largest absolute Gasteiger partial charge is 0.462 e. The average Bonchev–Trinajstić information content (AvgIpc) is 1.45. The standard InChI is InChI=1S/C56H88O27S/c1-24(2)11-10-16-55(8)46-28(74-25(3)60)19-54(7)27-12-13-33-52(4,5)34(15-17-53(33,6)26(27)14-18-56(46,54)51(68)82-55)78-50-45(37(63)32(23-73-50)83-84(69,70)71)81-47-39(65)38(64)42(31(22-59)77-47)79-49-41(67)44(36(62)30(21-58)76-49)80-48-40(66)43(72-9)35(61)29(20-57)75-48/h12,26,28-50,57-59,61-67H,1,10-11,13-23H2,2-9H3,(H,69,70,71)/t26-,28-,29+,30+,31+,32+,33-,34-,35+,36+,37-,38+,39+,40+,41+,42+,43-,44-,45+,46+,47-,48-,49-,50-,53+,54-,55-,56+/m0/s1. The molecule has 84 heavy (non-hydrogen) atoms. The molecular weight excluding hydrogens is 1140 g/mol. The average molecular weight is 1230 g/mol. The third-order valence-electron chi connectivity index (χ3n) is 20.7. The van der Waals surface area contributed by atoms with Crippen molar-refractivity contribution in [3.05, 3.63) is 23.8 Å². The number of carbonyl (C=O) groups excluding carboxylic acids is 2. The van der Waals surface area contributed by atoms with E-state index in [1.807, 2.05) is 13.8 Å². The fraction of sp³-hybridized carbons (Fsp3) is 0.893. The van der Waals surface area contributed by atoms with Gasteiger partial charge in [-0.25, -0.2) is 4.18 Å². The van der Waals surface area contributed by atoms with Crippen molar-refractivity contribution in [3.8, 4) is 0 Å². The SMILES string of the molecule is C=C(C)CCC[C@]1(C)OC(=O)[C@]23CC[C@H]4C(=CC[C@H]5C(C)(C)[C@@H](O[C@@H]6OC[C@@H](OS(=O)(=O)O)[C@H](O)[C@H]6O[C@@H]6O[C@H](CO)[C@@H](O[C@@H]7O[C@H](CO)[C@@H](O)[C@H](O[C@@H]8O[C@H](CO)[C@@H](O)[C@H](OC)[C@H]8O)[C@H]7O)[C@H](O)[C@H]6O)CC[C@]45C)[C@]2(C)C[C@H](OC(C)=O)[C@@H]31. The van der Waals surface area contributed by atoms with Crippen molar-refractivity contribution in [2.24, 2.45) is 39.4 Å². The summed E-state index contributed by atoms with van der Waals surface area (Å²) in [7, 11) is -4.05. The maximum absolute atomic E-state index is 14.7. The van der Waals surface area contributed by atoms with Gasteiger partial charge in [0.05, 0.1) is 43.9 Å². The van der Waals surface area contributed by atoms with Crippen molar-refractivity contribution in [1.82, 2.24) is 0 Å². The van der Waals surface area contributed by atoms with Crippen LogP contribution in [-0.2, 0) is 76.3 Å². The molecular formula is C56H88O27S. The van der Waals surface area contributed by atoms with Gasteiger partial charge < -0.3 is 103 Å². The Bertz CT molecular complexity index is 2520. The summed E-state index contributed by atoms with van der Waals surface area (Å²) in [6.07, 6.45) is -27.5.